The third-order valence-corrected chi connectivity index (χ3v) is 6.82. The number of hydrogen-bond donors (Lipinski definition) is 2. The molecule has 0 fully saturated rings. The number of nitrogens with one attached hydrogen (secondary N) is 2. The van der Waals surface area contributed by atoms with E-state index in [1.165, 1.54) is 11.8 Å². The van der Waals surface area contributed by atoms with E-state index in [0.717, 1.165) is 21.7 Å². The fourth-order valence-electron chi connectivity index (χ4n) is 2.65. The van der Waals surface area contributed by atoms with Gasteiger partial charge in [-0.05, 0) is 67.4 Å². The predicted molar refractivity (Wildman–Crippen MR) is 119 cm³/mol. The summed E-state index contributed by atoms with van der Waals surface area (Å²) in [6, 6.07) is 21.0. The SMILES string of the molecule is Cc1cccc(NC(=O)CSc2ccc(NS(=O)(=O)c3ccccc3)cc2)c1C. The molecule has 150 valence electrons. The van der Waals surface area contributed by atoms with Crippen LogP contribution in [0.25, 0.3) is 0 Å². The minimum atomic E-state index is -3.62. The standard InChI is InChI=1S/C22H22N2O3S2/c1-16-7-6-10-21(17(16)2)23-22(25)15-28-19-13-11-18(12-14-19)24-29(26,27)20-8-4-3-5-9-20/h3-14,24H,15H2,1-2H3,(H,23,25). The first kappa shape index (κ1) is 21.0. The second-order valence-corrected chi connectivity index (χ2v) is 9.26. The van der Waals surface area contributed by atoms with Gasteiger partial charge in [-0.3, -0.25) is 9.52 Å². The molecular formula is C22H22N2O3S2. The lowest BCUT2D eigenvalue weighted by Gasteiger charge is -2.11. The highest BCUT2D eigenvalue weighted by Gasteiger charge is 2.13. The monoisotopic (exact) mass is 426 g/mol. The Balaban J connectivity index is 1.57. The molecule has 0 aliphatic rings. The molecule has 2 N–H and O–H groups in total. The summed E-state index contributed by atoms with van der Waals surface area (Å²) in [5, 5.41) is 2.93. The largest absolute Gasteiger partial charge is 0.325 e. The predicted octanol–water partition coefficient (Wildman–Crippen LogP) is 4.84. The molecule has 3 rings (SSSR count). The number of aryl methyl sites for hydroxylation is 1. The third kappa shape index (κ3) is 5.62. The van der Waals surface area contributed by atoms with E-state index < -0.39 is 10.0 Å². The molecule has 29 heavy (non-hydrogen) atoms. The zero-order chi connectivity index (χ0) is 20.9. The summed E-state index contributed by atoms with van der Waals surface area (Å²) in [4.78, 5) is 13.3. The summed E-state index contributed by atoms with van der Waals surface area (Å²) in [6.07, 6.45) is 0. The van der Waals surface area contributed by atoms with Crippen LogP contribution in [0.15, 0.2) is 82.6 Å². The van der Waals surface area contributed by atoms with Gasteiger partial charge in [0.05, 0.1) is 10.6 Å². The molecule has 0 aromatic heterocycles. The van der Waals surface area contributed by atoms with Crippen LogP contribution in [0.2, 0.25) is 0 Å². The number of rotatable bonds is 7. The van der Waals surface area contributed by atoms with Gasteiger partial charge in [-0.25, -0.2) is 8.42 Å². The van der Waals surface area contributed by atoms with Crippen molar-refractivity contribution < 1.29 is 13.2 Å². The summed E-state index contributed by atoms with van der Waals surface area (Å²) in [7, 11) is -3.62. The lowest BCUT2D eigenvalue weighted by molar-refractivity contribution is -0.113. The molecule has 0 aliphatic carbocycles. The van der Waals surface area contributed by atoms with E-state index in [1.807, 2.05) is 32.0 Å². The van der Waals surface area contributed by atoms with Crippen molar-refractivity contribution in [3.05, 3.63) is 83.9 Å². The van der Waals surface area contributed by atoms with Gasteiger partial charge >= 0.3 is 0 Å². The van der Waals surface area contributed by atoms with Crippen LogP contribution in [-0.2, 0) is 14.8 Å². The zero-order valence-corrected chi connectivity index (χ0v) is 17.8. The van der Waals surface area contributed by atoms with Gasteiger partial charge in [0.1, 0.15) is 0 Å². The molecule has 3 aromatic rings. The van der Waals surface area contributed by atoms with E-state index in [2.05, 4.69) is 10.0 Å². The summed E-state index contributed by atoms with van der Waals surface area (Å²) in [5.74, 6) is 0.181. The average Bonchev–Trinajstić information content (AvgIpc) is 2.71. The molecule has 0 saturated carbocycles. The van der Waals surface area contributed by atoms with Crippen molar-refractivity contribution in [3.63, 3.8) is 0 Å². The van der Waals surface area contributed by atoms with Crippen molar-refractivity contribution >= 4 is 39.1 Å². The van der Waals surface area contributed by atoms with Crippen LogP contribution >= 0.6 is 11.8 Å². The summed E-state index contributed by atoms with van der Waals surface area (Å²) < 4.78 is 27.3. The number of anilines is 2. The van der Waals surface area contributed by atoms with Gasteiger partial charge in [-0.15, -0.1) is 11.8 Å². The molecule has 0 heterocycles. The number of benzene rings is 3. The number of carbonyl (C=O) groups is 1. The zero-order valence-electron chi connectivity index (χ0n) is 16.2. The van der Waals surface area contributed by atoms with E-state index in [0.29, 0.717) is 5.69 Å². The summed E-state index contributed by atoms with van der Waals surface area (Å²) >= 11 is 1.39. The van der Waals surface area contributed by atoms with Crippen molar-refractivity contribution in [1.29, 1.82) is 0 Å². The Morgan fingerprint density at radius 1 is 0.897 bits per heavy atom. The normalized spacial score (nSPS) is 11.1. The van der Waals surface area contributed by atoms with Gasteiger partial charge in [0.15, 0.2) is 0 Å². The second-order valence-electron chi connectivity index (χ2n) is 6.53. The first-order valence-corrected chi connectivity index (χ1v) is 11.5. The van der Waals surface area contributed by atoms with Crippen LogP contribution in [0, 0.1) is 13.8 Å². The van der Waals surface area contributed by atoms with Crippen molar-refractivity contribution in [2.45, 2.75) is 23.6 Å². The van der Waals surface area contributed by atoms with Crippen molar-refractivity contribution in [3.8, 4) is 0 Å². The van der Waals surface area contributed by atoms with Crippen LogP contribution in [0.1, 0.15) is 11.1 Å². The van der Waals surface area contributed by atoms with Gasteiger partial charge in [-0.2, -0.15) is 0 Å². The second kappa shape index (κ2) is 9.15. The summed E-state index contributed by atoms with van der Waals surface area (Å²) in [5.41, 5.74) is 3.48. The molecule has 0 unspecified atom stereocenters. The van der Waals surface area contributed by atoms with E-state index >= 15 is 0 Å². The Kier molecular flexibility index (Phi) is 6.61. The van der Waals surface area contributed by atoms with E-state index in [-0.39, 0.29) is 16.6 Å². The Labute approximate surface area is 175 Å². The number of thioether (sulfide) groups is 1. The fourth-order valence-corrected chi connectivity index (χ4v) is 4.43. The van der Waals surface area contributed by atoms with Gasteiger partial charge in [-0.1, -0.05) is 30.3 Å². The molecule has 3 aromatic carbocycles. The minimum Gasteiger partial charge on any atom is -0.325 e. The molecule has 1 amide bonds. The Hall–Kier alpha value is -2.77. The first-order chi connectivity index (χ1) is 13.8. The molecule has 0 spiro atoms. The van der Waals surface area contributed by atoms with E-state index in [1.54, 1.807) is 54.6 Å². The van der Waals surface area contributed by atoms with Crippen LogP contribution in [0.4, 0.5) is 11.4 Å². The van der Waals surface area contributed by atoms with Crippen molar-refractivity contribution in [2.75, 3.05) is 15.8 Å². The minimum absolute atomic E-state index is 0.0856. The molecule has 0 saturated heterocycles. The van der Waals surface area contributed by atoms with Crippen LogP contribution in [0.5, 0.6) is 0 Å². The maximum atomic E-state index is 12.4. The Morgan fingerprint density at radius 2 is 1.59 bits per heavy atom. The van der Waals surface area contributed by atoms with E-state index in [9.17, 15) is 13.2 Å². The average molecular weight is 427 g/mol. The van der Waals surface area contributed by atoms with Gasteiger partial charge in [0, 0.05) is 16.3 Å². The maximum absolute atomic E-state index is 12.4. The van der Waals surface area contributed by atoms with Crippen LogP contribution in [-0.4, -0.2) is 20.1 Å². The lowest BCUT2D eigenvalue weighted by atomic mass is 10.1. The maximum Gasteiger partial charge on any atom is 0.261 e. The molecule has 0 radical (unpaired) electrons. The van der Waals surface area contributed by atoms with Crippen LogP contribution in [0.3, 0.4) is 0 Å². The summed E-state index contributed by atoms with van der Waals surface area (Å²) in [6.45, 7) is 3.99. The molecule has 7 heteroatoms. The first-order valence-electron chi connectivity index (χ1n) is 9.02. The lowest BCUT2D eigenvalue weighted by Crippen LogP contribution is -2.15. The molecule has 5 nitrogen and oxygen atoms in total. The van der Waals surface area contributed by atoms with Crippen molar-refractivity contribution in [1.82, 2.24) is 0 Å². The number of hydrogen-bond acceptors (Lipinski definition) is 4. The number of carbonyl (C=O) groups excluding carboxylic acids is 1. The molecule has 0 bridgehead atoms. The Morgan fingerprint density at radius 3 is 2.28 bits per heavy atom. The highest BCUT2D eigenvalue weighted by atomic mass is 32.2. The van der Waals surface area contributed by atoms with Gasteiger partial charge < -0.3 is 5.32 Å². The van der Waals surface area contributed by atoms with Crippen LogP contribution < -0.4 is 10.0 Å². The Bertz CT molecular complexity index is 1100. The quantitative estimate of drug-likeness (QED) is 0.531. The van der Waals surface area contributed by atoms with Gasteiger partial charge in [0.2, 0.25) is 5.91 Å². The fraction of sp³-hybridized carbons (Fsp3) is 0.136. The van der Waals surface area contributed by atoms with Crippen molar-refractivity contribution in [2.24, 2.45) is 0 Å². The molecule has 0 atom stereocenters. The molecular weight excluding hydrogens is 404 g/mol. The van der Waals surface area contributed by atoms with Gasteiger partial charge in [0.25, 0.3) is 10.0 Å². The molecule has 0 aliphatic heterocycles. The number of amides is 1. The smallest absolute Gasteiger partial charge is 0.261 e. The third-order valence-electron chi connectivity index (χ3n) is 4.41. The highest BCUT2D eigenvalue weighted by Crippen LogP contribution is 2.23. The van der Waals surface area contributed by atoms with E-state index in [4.69, 9.17) is 0 Å². The topological polar surface area (TPSA) is 75.3 Å². The highest BCUT2D eigenvalue weighted by molar-refractivity contribution is 8.00. The number of sulfonamides is 1.